The van der Waals surface area contributed by atoms with Crippen LogP contribution in [-0.2, 0) is 0 Å². The highest BCUT2D eigenvalue weighted by Gasteiger charge is 2.54. The Bertz CT molecular complexity index is 218. The molecule has 0 heterocycles. The van der Waals surface area contributed by atoms with Gasteiger partial charge in [0, 0.05) is 0 Å². The first-order valence-electron chi connectivity index (χ1n) is 7.83. The molecule has 3 rings (SSSR count). The summed E-state index contributed by atoms with van der Waals surface area (Å²) >= 11 is 0. The van der Waals surface area contributed by atoms with E-state index in [1.165, 1.54) is 24.7 Å². The molecule has 16 heavy (non-hydrogen) atoms. The van der Waals surface area contributed by atoms with Gasteiger partial charge in [-0.15, -0.1) is 0 Å². The largest absolute Gasteiger partial charge is 0.0683 e. The van der Waals surface area contributed by atoms with Crippen LogP contribution in [-0.4, -0.2) is 0 Å². The molecule has 0 N–H and O–H groups in total. The maximum atomic E-state index is 2.41. The predicted octanol–water partition coefficient (Wildman–Crippen LogP) is 5.13. The summed E-state index contributed by atoms with van der Waals surface area (Å²) in [6, 6.07) is 0. The zero-order valence-corrected chi connectivity index (χ0v) is 11.7. The fraction of sp³-hybridized carbons (Fsp3) is 1.00. The molecule has 0 aromatic heterocycles. The van der Waals surface area contributed by atoms with Crippen molar-refractivity contribution in [2.24, 2.45) is 35.5 Å². The molecule has 3 saturated carbocycles. The molecule has 2 bridgehead atoms. The molecule has 0 nitrogen and oxygen atoms in total. The van der Waals surface area contributed by atoms with Gasteiger partial charge in [-0.05, 0) is 61.2 Å². The Morgan fingerprint density at radius 1 is 0.750 bits per heavy atom. The van der Waals surface area contributed by atoms with Gasteiger partial charge < -0.3 is 0 Å². The average molecular weight is 222 g/mol. The normalized spacial score (nSPS) is 48.8. The molecule has 6 atom stereocenters. The fourth-order valence-electron chi connectivity index (χ4n) is 5.13. The van der Waals surface area contributed by atoms with Crippen LogP contribution < -0.4 is 0 Å². The Labute approximate surface area is 102 Å². The molecule has 3 fully saturated rings. The number of fused-ring (bicyclic) bond motifs is 5. The van der Waals surface area contributed by atoms with E-state index in [9.17, 15) is 0 Å². The first kappa shape index (κ1) is 12.5. The van der Waals surface area contributed by atoms with Crippen LogP contribution in [0.5, 0.6) is 0 Å². The summed E-state index contributed by atoms with van der Waals surface area (Å²) in [5.74, 6) is 6.89. The van der Waals surface area contributed by atoms with Crippen LogP contribution in [0.1, 0.15) is 66.2 Å². The van der Waals surface area contributed by atoms with Crippen LogP contribution in [0.15, 0.2) is 0 Å². The second-order valence-electron chi connectivity index (χ2n) is 6.14. The van der Waals surface area contributed by atoms with Crippen LogP contribution in [0.4, 0.5) is 0 Å². The molecule has 0 saturated heterocycles. The lowest BCUT2D eigenvalue weighted by Gasteiger charge is -2.30. The van der Waals surface area contributed by atoms with Gasteiger partial charge in [-0.3, -0.25) is 0 Å². The lowest BCUT2D eigenvalue weighted by Crippen LogP contribution is -2.23. The highest BCUT2D eigenvalue weighted by Crippen LogP contribution is 2.63. The summed E-state index contributed by atoms with van der Waals surface area (Å²) in [4.78, 5) is 0. The summed E-state index contributed by atoms with van der Waals surface area (Å²) in [5, 5.41) is 0. The fourth-order valence-corrected chi connectivity index (χ4v) is 5.13. The van der Waals surface area contributed by atoms with Gasteiger partial charge in [-0.2, -0.15) is 0 Å². The van der Waals surface area contributed by atoms with Crippen molar-refractivity contribution in [1.29, 1.82) is 0 Å². The molecule has 0 aliphatic heterocycles. The van der Waals surface area contributed by atoms with Gasteiger partial charge in [0.1, 0.15) is 0 Å². The van der Waals surface area contributed by atoms with Crippen molar-refractivity contribution in [1.82, 2.24) is 0 Å². The van der Waals surface area contributed by atoms with Gasteiger partial charge in [0.05, 0.1) is 0 Å². The standard InChI is InChI=1S/C14H24.C2H6/c1-3-9-5-12-11-7-10(4-2)13(8-11)14(12)6-9;1-2/h9-14H,3-8H2,1-2H3;1-2H3. The Morgan fingerprint density at radius 3 is 2.06 bits per heavy atom. The minimum atomic E-state index is 1.10. The molecule has 0 radical (unpaired) electrons. The van der Waals surface area contributed by atoms with Gasteiger partial charge in [-0.25, -0.2) is 0 Å². The van der Waals surface area contributed by atoms with Crippen LogP contribution >= 0.6 is 0 Å². The summed E-state index contributed by atoms with van der Waals surface area (Å²) in [6.07, 6.45) is 9.31. The average Bonchev–Trinajstić information content (AvgIpc) is 3.01. The van der Waals surface area contributed by atoms with E-state index >= 15 is 0 Å². The minimum Gasteiger partial charge on any atom is -0.0683 e. The molecule has 3 aliphatic rings. The molecule has 0 aromatic rings. The molecule has 0 amide bonds. The van der Waals surface area contributed by atoms with E-state index in [-0.39, 0.29) is 0 Å². The molecule has 0 aromatic carbocycles. The topological polar surface area (TPSA) is 0 Å². The van der Waals surface area contributed by atoms with Crippen LogP contribution in [0.2, 0.25) is 0 Å². The third kappa shape index (κ3) is 1.83. The van der Waals surface area contributed by atoms with E-state index in [0.29, 0.717) is 0 Å². The molecule has 94 valence electrons. The van der Waals surface area contributed by atoms with E-state index in [1.54, 1.807) is 25.7 Å². The molecule has 6 unspecified atom stereocenters. The maximum absolute atomic E-state index is 2.41. The summed E-state index contributed by atoms with van der Waals surface area (Å²) in [5.41, 5.74) is 0. The van der Waals surface area contributed by atoms with Gasteiger partial charge in [0.2, 0.25) is 0 Å². The summed E-state index contributed by atoms with van der Waals surface area (Å²) < 4.78 is 0. The number of rotatable bonds is 2. The van der Waals surface area contributed by atoms with Gasteiger partial charge >= 0.3 is 0 Å². The van der Waals surface area contributed by atoms with Crippen molar-refractivity contribution < 1.29 is 0 Å². The van der Waals surface area contributed by atoms with Crippen LogP contribution in [0.3, 0.4) is 0 Å². The summed E-state index contributed by atoms with van der Waals surface area (Å²) in [6.45, 7) is 8.80. The SMILES string of the molecule is CC.CCC1CC2C3CC(CC)C(C3)C2C1. The van der Waals surface area contributed by atoms with Gasteiger partial charge in [-0.1, -0.05) is 40.5 Å². The van der Waals surface area contributed by atoms with Crippen molar-refractivity contribution in [2.45, 2.75) is 66.2 Å². The molecular formula is C16H30. The maximum Gasteiger partial charge on any atom is -0.0349 e. The third-order valence-electron chi connectivity index (χ3n) is 5.80. The van der Waals surface area contributed by atoms with Crippen molar-refractivity contribution in [3.8, 4) is 0 Å². The Balaban J connectivity index is 0.000000457. The number of hydrogen-bond acceptors (Lipinski definition) is 0. The van der Waals surface area contributed by atoms with Crippen LogP contribution in [0, 0.1) is 35.5 Å². The van der Waals surface area contributed by atoms with Crippen molar-refractivity contribution in [3.05, 3.63) is 0 Å². The van der Waals surface area contributed by atoms with Crippen molar-refractivity contribution in [3.63, 3.8) is 0 Å². The highest BCUT2D eigenvalue weighted by atomic mass is 14.6. The zero-order chi connectivity index (χ0) is 11.7. The van der Waals surface area contributed by atoms with E-state index in [2.05, 4.69) is 13.8 Å². The zero-order valence-electron chi connectivity index (χ0n) is 11.7. The van der Waals surface area contributed by atoms with Crippen LogP contribution in [0.25, 0.3) is 0 Å². The second kappa shape index (κ2) is 5.10. The van der Waals surface area contributed by atoms with Crippen molar-refractivity contribution in [2.75, 3.05) is 0 Å². The smallest absolute Gasteiger partial charge is 0.0349 e. The van der Waals surface area contributed by atoms with E-state index in [4.69, 9.17) is 0 Å². The molecule has 0 heteroatoms. The third-order valence-corrected chi connectivity index (χ3v) is 5.80. The molecule has 0 spiro atoms. The monoisotopic (exact) mass is 222 g/mol. The quantitative estimate of drug-likeness (QED) is 0.607. The Morgan fingerprint density at radius 2 is 1.44 bits per heavy atom. The second-order valence-corrected chi connectivity index (χ2v) is 6.14. The Hall–Kier alpha value is 0. The lowest BCUT2D eigenvalue weighted by atomic mass is 9.75. The van der Waals surface area contributed by atoms with E-state index in [1.807, 2.05) is 13.8 Å². The first-order chi connectivity index (χ1) is 7.83. The predicted molar refractivity (Wildman–Crippen MR) is 71.3 cm³/mol. The molecular weight excluding hydrogens is 192 g/mol. The van der Waals surface area contributed by atoms with E-state index < -0.39 is 0 Å². The minimum absolute atomic E-state index is 1.10. The Kier molecular flexibility index (Phi) is 3.97. The highest BCUT2D eigenvalue weighted by molar-refractivity contribution is 5.04. The summed E-state index contributed by atoms with van der Waals surface area (Å²) in [7, 11) is 0. The first-order valence-corrected chi connectivity index (χ1v) is 7.83. The molecule has 3 aliphatic carbocycles. The number of hydrogen-bond donors (Lipinski definition) is 0. The van der Waals surface area contributed by atoms with Gasteiger partial charge in [0.15, 0.2) is 0 Å². The lowest BCUT2D eigenvalue weighted by molar-refractivity contribution is 0.185. The van der Waals surface area contributed by atoms with Crippen molar-refractivity contribution >= 4 is 0 Å². The van der Waals surface area contributed by atoms with E-state index in [0.717, 1.165) is 23.7 Å². The van der Waals surface area contributed by atoms with Gasteiger partial charge in [0.25, 0.3) is 0 Å².